The molecule has 41 heavy (non-hydrogen) atoms. The quantitative estimate of drug-likeness (QED) is 0.153. The lowest BCUT2D eigenvalue weighted by Gasteiger charge is -2.41. The molecule has 5 N–H and O–H groups in total. The molecule has 1 aromatic rings. The zero-order chi connectivity index (χ0) is 31.6. The Hall–Kier alpha value is -2.95. The van der Waals surface area contributed by atoms with Gasteiger partial charge in [0.25, 0.3) is 0 Å². The number of nitrogens with one attached hydrogen (secondary N) is 3. The lowest BCUT2D eigenvalue weighted by molar-refractivity contribution is -0.333. The Morgan fingerprint density at radius 2 is 1.56 bits per heavy atom. The van der Waals surface area contributed by atoms with E-state index >= 15 is 0 Å². The molecule has 0 radical (unpaired) electrons. The molecule has 0 spiro atoms. The van der Waals surface area contributed by atoms with Crippen molar-refractivity contribution < 1.29 is 38.1 Å². The van der Waals surface area contributed by atoms with Crippen molar-refractivity contribution in [3.63, 3.8) is 0 Å². The Morgan fingerprint density at radius 1 is 0.976 bits per heavy atom. The smallest absolute Gasteiger partial charge is 0.243 e. The molecule has 0 saturated heterocycles. The van der Waals surface area contributed by atoms with Gasteiger partial charge in [-0.2, -0.15) is 0 Å². The number of hydrogen-bond donors (Lipinski definition) is 4. The maximum Gasteiger partial charge on any atom is 0.243 e. The van der Waals surface area contributed by atoms with Crippen molar-refractivity contribution in [2.75, 3.05) is 0 Å². The molecule has 3 atom stereocenters. The van der Waals surface area contributed by atoms with Gasteiger partial charge in [-0.3, -0.25) is 19.2 Å². The normalized spacial score (nSPS) is 14.4. The van der Waals surface area contributed by atoms with E-state index in [9.17, 15) is 33.5 Å². The fourth-order valence-corrected chi connectivity index (χ4v) is 4.25. The molecule has 0 aliphatic heterocycles. The van der Waals surface area contributed by atoms with Gasteiger partial charge in [0, 0.05) is 18.4 Å². The van der Waals surface area contributed by atoms with Crippen LogP contribution in [0.2, 0.25) is 0 Å². The largest absolute Gasteiger partial charge is 0.780 e. The zero-order valence-corrected chi connectivity index (χ0v) is 26.0. The van der Waals surface area contributed by atoms with Crippen LogP contribution in [0.15, 0.2) is 24.3 Å². The second-order valence-corrected chi connectivity index (χ2v) is 12.5. The number of nitrogens with two attached hydrogens (primary N) is 1. The van der Waals surface area contributed by atoms with E-state index in [2.05, 4.69) is 20.5 Å². The van der Waals surface area contributed by atoms with E-state index in [0.29, 0.717) is 18.4 Å². The van der Waals surface area contributed by atoms with Crippen LogP contribution in [0.1, 0.15) is 86.1 Å². The molecule has 4 amide bonds. The van der Waals surface area contributed by atoms with Gasteiger partial charge in [0.05, 0.1) is 5.41 Å². The van der Waals surface area contributed by atoms with Crippen LogP contribution in [0.25, 0.3) is 0 Å². The van der Waals surface area contributed by atoms with Gasteiger partial charge in [0.2, 0.25) is 23.6 Å². The molecule has 1 rings (SSSR count). The third kappa shape index (κ3) is 11.4. The number of carbonyl (C=O) groups is 4. The van der Waals surface area contributed by atoms with Gasteiger partial charge >= 0.3 is 0 Å². The summed E-state index contributed by atoms with van der Waals surface area (Å²) in [6.45, 7) is 12.3. The second kappa shape index (κ2) is 15.3. The zero-order valence-electron chi connectivity index (χ0n) is 25.1. The molecule has 0 heterocycles. The third-order valence-electron chi connectivity index (χ3n) is 7.65. The summed E-state index contributed by atoms with van der Waals surface area (Å²) in [4.78, 5) is 73.5. The SMILES string of the molecule is CCCCCC(=O)NC(Cc1ccc(OP(=O)([O-])[O-])cc1)C(=O)NC(C(=O)NC(C)(C)C(C)(C)C(N)=O)C(C)CC. The Morgan fingerprint density at radius 3 is 2.05 bits per heavy atom. The van der Waals surface area contributed by atoms with Crippen molar-refractivity contribution in [1.29, 1.82) is 0 Å². The van der Waals surface area contributed by atoms with Gasteiger partial charge in [-0.1, -0.05) is 52.2 Å². The van der Waals surface area contributed by atoms with Crippen LogP contribution in [-0.4, -0.2) is 41.3 Å². The fraction of sp³-hybridized carbons (Fsp3) is 0.643. The maximum atomic E-state index is 13.5. The van der Waals surface area contributed by atoms with Crippen LogP contribution >= 0.6 is 7.82 Å². The number of benzene rings is 1. The number of phosphoric ester groups is 1. The predicted octanol–water partition coefficient (Wildman–Crippen LogP) is 1.44. The summed E-state index contributed by atoms with van der Waals surface area (Å²) in [5.41, 5.74) is 3.98. The summed E-state index contributed by atoms with van der Waals surface area (Å²) in [6.07, 6.45) is 3.21. The molecule has 0 saturated carbocycles. The molecule has 0 bridgehead atoms. The molecule has 0 fully saturated rings. The molecule has 0 aromatic heterocycles. The first-order valence-corrected chi connectivity index (χ1v) is 15.3. The highest BCUT2D eigenvalue weighted by Crippen LogP contribution is 2.31. The highest BCUT2D eigenvalue weighted by molar-refractivity contribution is 7.43. The summed E-state index contributed by atoms with van der Waals surface area (Å²) in [5, 5.41) is 8.38. The molecule has 3 unspecified atom stereocenters. The van der Waals surface area contributed by atoms with Crippen molar-refractivity contribution in [3.05, 3.63) is 29.8 Å². The van der Waals surface area contributed by atoms with Gasteiger partial charge in [0.1, 0.15) is 25.7 Å². The van der Waals surface area contributed by atoms with Crippen molar-refractivity contribution in [2.24, 2.45) is 17.1 Å². The Bertz CT molecular complexity index is 1100. The summed E-state index contributed by atoms with van der Waals surface area (Å²) >= 11 is 0. The molecule has 13 heteroatoms. The number of hydrogen-bond acceptors (Lipinski definition) is 8. The standard InChI is InChI=1S/C28H47N4O8P/c1-8-10-11-12-22(33)30-21(17-19-13-15-20(16-14-19)40-41(37,38)39)24(34)31-23(18(3)9-2)25(35)32-28(6,7)27(4,5)26(29)36/h13-16,18,21,23H,8-12,17H2,1-7H3,(H2,29,36)(H,30,33)(H,31,34)(H,32,35)(H2,37,38,39)/p-2. The first-order chi connectivity index (χ1) is 18.8. The number of primary amides is 1. The molecule has 0 aliphatic carbocycles. The van der Waals surface area contributed by atoms with Crippen LogP contribution in [0.3, 0.4) is 0 Å². The van der Waals surface area contributed by atoms with Gasteiger partial charge in [-0.05, 0) is 57.7 Å². The monoisotopic (exact) mass is 596 g/mol. The van der Waals surface area contributed by atoms with E-state index < -0.39 is 48.6 Å². The first kappa shape index (κ1) is 36.1. The molecular weight excluding hydrogens is 551 g/mol. The molecule has 232 valence electrons. The number of carbonyl (C=O) groups excluding carboxylic acids is 4. The van der Waals surface area contributed by atoms with Crippen LogP contribution in [0.4, 0.5) is 0 Å². The van der Waals surface area contributed by atoms with Gasteiger partial charge in [-0.15, -0.1) is 0 Å². The van der Waals surface area contributed by atoms with E-state index in [0.717, 1.165) is 12.8 Å². The summed E-state index contributed by atoms with van der Waals surface area (Å²) in [6, 6.07) is 3.45. The van der Waals surface area contributed by atoms with Crippen LogP contribution in [0, 0.1) is 11.3 Å². The van der Waals surface area contributed by atoms with Crippen molar-refractivity contribution >= 4 is 31.5 Å². The van der Waals surface area contributed by atoms with E-state index in [1.807, 2.05) is 13.8 Å². The summed E-state index contributed by atoms with van der Waals surface area (Å²) in [5.74, 6) is -2.49. The molecule has 0 aliphatic rings. The average Bonchev–Trinajstić information content (AvgIpc) is 2.86. The average molecular weight is 597 g/mol. The minimum atomic E-state index is -5.23. The van der Waals surface area contributed by atoms with E-state index in [1.54, 1.807) is 34.6 Å². The van der Waals surface area contributed by atoms with E-state index in [-0.39, 0.29) is 30.4 Å². The first-order valence-electron chi connectivity index (χ1n) is 13.9. The second-order valence-electron chi connectivity index (χ2n) is 11.4. The van der Waals surface area contributed by atoms with Gasteiger partial charge in [-0.25, -0.2) is 0 Å². The van der Waals surface area contributed by atoms with Crippen LogP contribution in [-0.2, 0) is 30.2 Å². The van der Waals surface area contributed by atoms with E-state index in [1.165, 1.54) is 24.3 Å². The predicted molar refractivity (Wildman–Crippen MR) is 151 cm³/mol. The summed E-state index contributed by atoms with van der Waals surface area (Å²) in [7, 11) is -5.23. The highest BCUT2D eigenvalue weighted by Gasteiger charge is 2.44. The van der Waals surface area contributed by atoms with Crippen molar-refractivity contribution in [2.45, 2.75) is 105 Å². The lowest BCUT2D eigenvalue weighted by Crippen LogP contribution is -2.63. The Labute approximate surface area is 242 Å². The highest BCUT2D eigenvalue weighted by atomic mass is 31.2. The summed E-state index contributed by atoms with van der Waals surface area (Å²) < 4.78 is 15.2. The van der Waals surface area contributed by atoms with E-state index in [4.69, 9.17) is 5.73 Å². The Kier molecular flexibility index (Phi) is 13.5. The van der Waals surface area contributed by atoms with Gasteiger partial charge < -0.3 is 40.6 Å². The number of rotatable bonds is 17. The fourth-order valence-electron chi connectivity index (χ4n) is 3.87. The Balaban J connectivity index is 3.22. The molecule has 12 nitrogen and oxygen atoms in total. The van der Waals surface area contributed by atoms with Gasteiger partial charge in [0.15, 0.2) is 0 Å². The topological polar surface area (TPSA) is 203 Å². The third-order valence-corrected chi connectivity index (χ3v) is 8.08. The number of unbranched alkanes of at least 4 members (excludes halogenated alkanes) is 2. The van der Waals surface area contributed by atoms with Crippen molar-refractivity contribution in [3.8, 4) is 5.75 Å². The number of phosphoric acid groups is 1. The van der Waals surface area contributed by atoms with Crippen LogP contribution < -0.4 is 36.0 Å². The van der Waals surface area contributed by atoms with Crippen molar-refractivity contribution in [1.82, 2.24) is 16.0 Å². The molecular formula is C28H45N4O8P-2. The minimum absolute atomic E-state index is 0.0209. The number of amides is 4. The minimum Gasteiger partial charge on any atom is -0.780 e. The maximum absolute atomic E-state index is 13.5. The molecule has 1 aromatic carbocycles. The lowest BCUT2D eigenvalue weighted by atomic mass is 9.73. The van der Waals surface area contributed by atoms with Crippen LogP contribution in [0.5, 0.6) is 5.75 Å².